The highest BCUT2D eigenvalue weighted by atomic mass is 17.2. The van der Waals surface area contributed by atoms with Crippen molar-refractivity contribution in [1.29, 1.82) is 0 Å². The monoisotopic (exact) mass is 264 g/mol. The Hall–Kier alpha value is -1.08. The van der Waals surface area contributed by atoms with Crippen LogP contribution in [0.1, 0.15) is 48.0 Å². The predicted molar refractivity (Wildman–Crippen MR) is 76.2 cm³/mol. The molecule has 0 fully saturated rings. The van der Waals surface area contributed by atoms with E-state index in [1.807, 2.05) is 39.0 Å². The second-order valence-corrected chi connectivity index (χ2v) is 6.41. The van der Waals surface area contributed by atoms with E-state index in [1.165, 1.54) is 0 Å². The molecule has 0 saturated heterocycles. The molecule has 0 spiro atoms. The highest BCUT2D eigenvalue weighted by Gasteiger charge is 2.25. The molecule has 1 aliphatic rings. The highest BCUT2D eigenvalue weighted by Crippen LogP contribution is 2.23. The summed E-state index contributed by atoms with van der Waals surface area (Å²) >= 11 is 0. The van der Waals surface area contributed by atoms with Gasteiger partial charge in [-0.3, -0.25) is 0 Å². The number of allylic oxidation sites excluding steroid dienone is 2. The topological polar surface area (TPSA) is 38.7 Å². The van der Waals surface area contributed by atoms with Crippen molar-refractivity contribution in [2.24, 2.45) is 0 Å². The van der Waals surface area contributed by atoms with Crippen LogP contribution in [0.25, 0.3) is 0 Å². The molecule has 0 heterocycles. The second kappa shape index (κ2) is 5.50. The van der Waals surface area contributed by atoms with Crippen molar-refractivity contribution < 1.29 is 14.9 Å². The van der Waals surface area contributed by atoms with Gasteiger partial charge in [-0.05, 0) is 53.5 Å². The molecule has 0 aromatic rings. The summed E-state index contributed by atoms with van der Waals surface area (Å²) in [5.74, 6) is 5.79. The Balaban J connectivity index is 2.72. The van der Waals surface area contributed by atoms with Gasteiger partial charge < -0.3 is 5.11 Å². The molecule has 3 nitrogen and oxygen atoms in total. The molecule has 1 aliphatic carbocycles. The number of rotatable bonds is 3. The van der Waals surface area contributed by atoms with Crippen molar-refractivity contribution in [3.8, 4) is 11.8 Å². The van der Waals surface area contributed by atoms with Gasteiger partial charge in [0.25, 0.3) is 0 Å². The van der Waals surface area contributed by atoms with Gasteiger partial charge in [0, 0.05) is 0 Å². The maximum absolute atomic E-state index is 10.3. The molecule has 1 rings (SSSR count). The van der Waals surface area contributed by atoms with Gasteiger partial charge in [-0.15, -0.1) is 0 Å². The van der Waals surface area contributed by atoms with Crippen LogP contribution in [0.4, 0.5) is 0 Å². The minimum absolute atomic E-state index is 0.391. The minimum atomic E-state index is -1.16. The zero-order valence-corrected chi connectivity index (χ0v) is 12.7. The van der Waals surface area contributed by atoms with Crippen LogP contribution < -0.4 is 0 Å². The Morgan fingerprint density at radius 3 is 2.16 bits per heavy atom. The van der Waals surface area contributed by atoms with E-state index in [2.05, 4.69) is 11.8 Å². The Morgan fingerprint density at radius 2 is 1.68 bits per heavy atom. The smallest absolute Gasteiger partial charge is 0.158 e. The van der Waals surface area contributed by atoms with Gasteiger partial charge in [0.2, 0.25) is 0 Å². The number of aliphatic hydroxyl groups is 1. The maximum atomic E-state index is 10.3. The third-order valence-electron chi connectivity index (χ3n) is 2.44. The van der Waals surface area contributed by atoms with Crippen molar-refractivity contribution in [3.05, 3.63) is 23.8 Å². The lowest BCUT2D eigenvalue weighted by atomic mass is 9.96. The van der Waals surface area contributed by atoms with Crippen LogP contribution in [0.2, 0.25) is 0 Å². The summed E-state index contributed by atoms with van der Waals surface area (Å²) < 4.78 is 0. The minimum Gasteiger partial charge on any atom is -0.374 e. The maximum Gasteiger partial charge on any atom is 0.158 e. The van der Waals surface area contributed by atoms with E-state index in [0.717, 1.165) is 12.0 Å². The molecule has 0 bridgehead atoms. The van der Waals surface area contributed by atoms with Gasteiger partial charge in [-0.25, -0.2) is 9.78 Å². The molecule has 1 N–H and O–H groups in total. The van der Waals surface area contributed by atoms with Gasteiger partial charge in [-0.1, -0.05) is 30.1 Å². The van der Waals surface area contributed by atoms with Crippen molar-refractivity contribution in [2.75, 3.05) is 0 Å². The largest absolute Gasteiger partial charge is 0.374 e. The summed E-state index contributed by atoms with van der Waals surface area (Å²) in [6, 6.07) is 0. The molecule has 3 heteroatoms. The zero-order chi connectivity index (χ0) is 14.7. The fraction of sp³-hybridized carbons (Fsp3) is 0.625. The van der Waals surface area contributed by atoms with Crippen LogP contribution in [0.5, 0.6) is 0 Å². The van der Waals surface area contributed by atoms with E-state index in [1.54, 1.807) is 20.8 Å². The molecule has 0 aromatic heterocycles. The molecular weight excluding hydrogens is 240 g/mol. The van der Waals surface area contributed by atoms with E-state index < -0.39 is 16.8 Å². The molecule has 19 heavy (non-hydrogen) atoms. The third kappa shape index (κ3) is 5.61. The first-order valence-electron chi connectivity index (χ1n) is 6.53. The molecule has 106 valence electrons. The van der Waals surface area contributed by atoms with Crippen molar-refractivity contribution in [1.82, 2.24) is 0 Å². The van der Waals surface area contributed by atoms with Crippen LogP contribution >= 0.6 is 0 Å². The second-order valence-electron chi connectivity index (χ2n) is 6.41. The summed E-state index contributed by atoms with van der Waals surface area (Å²) in [7, 11) is 0. The molecule has 0 saturated carbocycles. The summed E-state index contributed by atoms with van der Waals surface area (Å²) in [4.78, 5) is 10.6. The first kappa shape index (κ1) is 16.0. The Kier molecular flexibility index (Phi) is 4.63. The lowest BCUT2D eigenvalue weighted by Gasteiger charge is -2.25. The fourth-order valence-corrected chi connectivity index (χ4v) is 1.41. The standard InChI is InChI=1S/C16H24O3/c1-14(2,3)18-19-15(4,5)11-12-16(6,17)13-9-7-8-10-13/h7,9-10,17H,8H2,1-6H3. The molecule has 0 radical (unpaired) electrons. The van der Waals surface area contributed by atoms with E-state index in [0.29, 0.717) is 0 Å². The van der Waals surface area contributed by atoms with Crippen LogP contribution in [0.15, 0.2) is 23.8 Å². The quantitative estimate of drug-likeness (QED) is 0.483. The fourth-order valence-electron chi connectivity index (χ4n) is 1.41. The van der Waals surface area contributed by atoms with Gasteiger partial charge in [0.1, 0.15) is 5.60 Å². The molecule has 0 aliphatic heterocycles. The lowest BCUT2D eigenvalue weighted by molar-refractivity contribution is -0.384. The number of hydrogen-bond acceptors (Lipinski definition) is 3. The highest BCUT2D eigenvalue weighted by molar-refractivity contribution is 5.41. The molecule has 0 aromatic carbocycles. The summed E-state index contributed by atoms with van der Waals surface area (Å²) in [5, 5.41) is 10.3. The van der Waals surface area contributed by atoms with E-state index >= 15 is 0 Å². The number of hydrogen-bond donors (Lipinski definition) is 1. The van der Waals surface area contributed by atoms with Gasteiger partial charge in [0.05, 0.1) is 5.60 Å². The van der Waals surface area contributed by atoms with E-state index in [4.69, 9.17) is 9.78 Å². The van der Waals surface area contributed by atoms with E-state index in [-0.39, 0.29) is 0 Å². The van der Waals surface area contributed by atoms with Crippen molar-refractivity contribution >= 4 is 0 Å². The Labute approximate surface area is 116 Å². The molecule has 1 unspecified atom stereocenters. The first-order valence-corrected chi connectivity index (χ1v) is 6.53. The van der Waals surface area contributed by atoms with Crippen LogP contribution in [-0.2, 0) is 9.78 Å². The van der Waals surface area contributed by atoms with Crippen molar-refractivity contribution in [2.45, 2.75) is 64.8 Å². The van der Waals surface area contributed by atoms with Crippen LogP contribution in [-0.4, -0.2) is 21.9 Å². The normalized spacial score (nSPS) is 18.6. The lowest BCUT2D eigenvalue weighted by Crippen LogP contribution is -2.31. The molecule has 1 atom stereocenters. The summed E-state index contributed by atoms with van der Waals surface area (Å²) in [6.45, 7) is 11.0. The average molecular weight is 264 g/mol. The van der Waals surface area contributed by atoms with Gasteiger partial charge in [0.15, 0.2) is 5.60 Å². The SMILES string of the molecule is CC(C)(C)OOC(C)(C)C#CC(C)(O)C1=CCC=C1. The third-order valence-corrected chi connectivity index (χ3v) is 2.44. The summed E-state index contributed by atoms with van der Waals surface area (Å²) in [5.41, 5.74) is -1.50. The molecular formula is C16H24O3. The average Bonchev–Trinajstić information content (AvgIpc) is 2.77. The van der Waals surface area contributed by atoms with Crippen molar-refractivity contribution in [3.63, 3.8) is 0 Å². The van der Waals surface area contributed by atoms with Crippen LogP contribution in [0.3, 0.4) is 0 Å². The predicted octanol–water partition coefficient (Wildman–Crippen LogP) is 3.15. The zero-order valence-electron chi connectivity index (χ0n) is 12.7. The van der Waals surface area contributed by atoms with E-state index in [9.17, 15) is 5.11 Å². The summed E-state index contributed by atoms with van der Waals surface area (Å²) in [6.07, 6.45) is 6.71. The van der Waals surface area contributed by atoms with Gasteiger partial charge in [-0.2, -0.15) is 0 Å². The Bertz CT molecular complexity index is 437. The van der Waals surface area contributed by atoms with Crippen LogP contribution in [0, 0.1) is 11.8 Å². The van der Waals surface area contributed by atoms with Gasteiger partial charge >= 0.3 is 0 Å². The first-order chi connectivity index (χ1) is 8.52. The molecule has 0 amide bonds. The Morgan fingerprint density at radius 1 is 1.05 bits per heavy atom.